The second kappa shape index (κ2) is 4.74. The Kier molecular flexibility index (Phi) is 3.57. The Morgan fingerprint density at radius 2 is 2.40 bits per heavy atom. The van der Waals surface area contributed by atoms with E-state index in [0.717, 1.165) is 18.9 Å². The number of hydrogen-bond donors (Lipinski definition) is 1. The van der Waals surface area contributed by atoms with Crippen LogP contribution in [0.25, 0.3) is 0 Å². The van der Waals surface area contributed by atoms with E-state index in [1.54, 1.807) is 0 Å². The summed E-state index contributed by atoms with van der Waals surface area (Å²) in [7, 11) is 0. The summed E-state index contributed by atoms with van der Waals surface area (Å²) in [4.78, 5) is 14.0. The first-order chi connectivity index (χ1) is 7.22. The van der Waals surface area contributed by atoms with Crippen molar-refractivity contribution in [3.63, 3.8) is 0 Å². The van der Waals surface area contributed by atoms with Gasteiger partial charge in [-0.25, -0.2) is 0 Å². The Bertz CT molecular complexity index is 241. The van der Waals surface area contributed by atoms with Crippen LogP contribution < -0.4 is 5.32 Å². The van der Waals surface area contributed by atoms with Crippen molar-refractivity contribution in [2.45, 2.75) is 38.9 Å². The van der Waals surface area contributed by atoms with Crippen LogP contribution in [-0.2, 0) is 4.79 Å². The van der Waals surface area contributed by atoms with Crippen molar-refractivity contribution in [1.29, 1.82) is 0 Å². The van der Waals surface area contributed by atoms with E-state index >= 15 is 0 Å². The molecule has 15 heavy (non-hydrogen) atoms. The summed E-state index contributed by atoms with van der Waals surface area (Å²) < 4.78 is 0. The maximum absolute atomic E-state index is 11.9. The molecular formula is C11H20N2OS. The zero-order chi connectivity index (χ0) is 10.8. The fourth-order valence-corrected chi connectivity index (χ4v) is 3.69. The molecule has 0 aromatic heterocycles. The van der Waals surface area contributed by atoms with Crippen LogP contribution in [-0.4, -0.2) is 41.1 Å². The Balaban J connectivity index is 1.95. The van der Waals surface area contributed by atoms with E-state index in [-0.39, 0.29) is 12.2 Å². The van der Waals surface area contributed by atoms with Gasteiger partial charge in [0, 0.05) is 6.54 Å². The first-order valence-electron chi connectivity index (χ1n) is 5.86. The Morgan fingerprint density at radius 1 is 1.60 bits per heavy atom. The predicted molar refractivity (Wildman–Crippen MR) is 63.8 cm³/mol. The maximum Gasteiger partial charge on any atom is 0.240 e. The summed E-state index contributed by atoms with van der Waals surface area (Å²) in [5, 5.41) is 3.35. The van der Waals surface area contributed by atoms with Crippen LogP contribution in [0.4, 0.5) is 0 Å². The summed E-state index contributed by atoms with van der Waals surface area (Å²) in [6.07, 6.45) is 2.56. The molecule has 0 spiro atoms. The fraction of sp³-hybridized carbons (Fsp3) is 0.909. The molecule has 0 aromatic carbocycles. The minimum absolute atomic E-state index is 0.0176. The SMILES string of the molecule is CCC1NC(C)C(=O)N1CC1CCSC1. The molecule has 0 aliphatic carbocycles. The number of amides is 1. The number of rotatable bonds is 3. The quantitative estimate of drug-likeness (QED) is 0.790. The number of thioether (sulfide) groups is 1. The lowest BCUT2D eigenvalue weighted by molar-refractivity contribution is -0.130. The van der Waals surface area contributed by atoms with Crippen LogP contribution in [0.5, 0.6) is 0 Å². The summed E-state index contributed by atoms with van der Waals surface area (Å²) in [5.41, 5.74) is 0. The molecule has 1 N–H and O–H groups in total. The predicted octanol–water partition coefficient (Wildman–Crippen LogP) is 1.30. The maximum atomic E-state index is 11.9. The molecule has 0 radical (unpaired) electrons. The third-order valence-corrected chi connectivity index (χ3v) is 4.57. The lowest BCUT2D eigenvalue weighted by Gasteiger charge is -2.25. The highest BCUT2D eigenvalue weighted by Crippen LogP contribution is 2.26. The van der Waals surface area contributed by atoms with Gasteiger partial charge in [0.1, 0.15) is 0 Å². The standard InChI is InChI=1S/C11H20N2OS/c1-3-10-12-8(2)11(14)13(10)6-9-4-5-15-7-9/h8-10,12H,3-7H2,1-2H3. The second-order valence-corrected chi connectivity index (χ2v) is 5.68. The molecule has 3 unspecified atom stereocenters. The molecule has 0 aromatic rings. The van der Waals surface area contributed by atoms with Gasteiger partial charge in [-0.2, -0.15) is 11.8 Å². The van der Waals surface area contributed by atoms with Gasteiger partial charge in [-0.3, -0.25) is 10.1 Å². The second-order valence-electron chi connectivity index (χ2n) is 4.53. The minimum atomic E-state index is 0.0176. The first kappa shape index (κ1) is 11.3. The minimum Gasteiger partial charge on any atom is -0.326 e. The molecule has 2 heterocycles. The van der Waals surface area contributed by atoms with Crippen molar-refractivity contribution in [2.75, 3.05) is 18.1 Å². The molecule has 86 valence electrons. The van der Waals surface area contributed by atoms with E-state index in [1.807, 2.05) is 18.7 Å². The number of nitrogens with one attached hydrogen (secondary N) is 1. The van der Waals surface area contributed by atoms with Crippen LogP contribution in [0, 0.1) is 5.92 Å². The summed E-state index contributed by atoms with van der Waals surface area (Å²) >= 11 is 2.02. The van der Waals surface area contributed by atoms with Crippen molar-refractivity contribution >= 4 is 17.7 Å². The highest BCUT2D eigenvalue weighted by Gasteiger charge is 2.36. The van der Waals surface area contributed by atoms with Gasteiger partial charge in [0.05, 0.1) is 12.2 Å². The van der Waals surface area contributed by atoms with Crippen molar-refractivity contribution < 1.29 is 4.79 Å². The number of carbonyl (C=O) groups is 1. The molecule has 2 aliphatic heterocycles. The molecule has 3 nitrogen and oxygen atoms in total. The van der Waals surface area contributed by atoms with E-state index in [0.29, 0.717) is 5.91 Å². The molecule has 3 atom stereocenters. The normalized spacial score (nSPS) is 36.5. The van der Waals surface area contributed by atoms with Crippen LogP contribution in [0.3, 0.4) is 0 Å². The van der Waals surface area contributed by atoms with Crippen molar-refractivity contribution in [3.8, 4) is 0 Å². The number of nitrogens with zero attached hydrogens (tertiary/aromatic N) is 1. The molecule has 2 fully saturated rings. The lowest BCUT2D eigenvalue weighted by Crippen LogP contribution is -2.40. The van der Waals surface area contributed by atoms with Gasteiger partial charge in [0.2, 0.25) is 5.91 Å². The molecular weight excluding hydrogens is 208 g/mol. The zero-order valence-corrected chi connectivity index (χ0v) is 10.3. The number of carbonyl (C=O) groups excluding carboxylic acids is 1. The highest BCUT2D eigenvalue weighted by molar-refractivity contribution is 7.99. The van der Waals surface area contributed by atoms with Gasteiger partial charge in [0.25, 0.3) is 0 Å². The van der Waals surface area contributed by atoms with Crippen LogP contribution >= 0.6 is 11.8 Å². The number of hydrogen-bond acceptors (Lipinski definition) is 3. The topological polar surface area (TPSA) is 32.3 Å². The smallest absolute Gasteiger partial charge is 0.240 e. The molecule has 1 amide bonds. The van der Waals surface area contributed by atoms with E-state index < -0.39 is 0 Å². The van der Waals surface area contributed by atoms with Gasteiger partial charge < -0.3 is 4.90 Å². The van der Waals surface area contributed by atoms with Crippen LogP contribution in [0.2, 0.25) is 0 Å². The summed E-state index contributed by atoms with van der Waals surface area (Å²) in [6.45, 7) is 5.06. The van der Waals surface area contributed by atoms with Crippen molar-refractivity contribution in [3.05, 3.63) is 0 Å². The Morgan fingerprint density at radius 3 is 3.00 bits per heavy atom. The Labute approximate surface area is 96.0 Å². The van der Waals surface area contributed by atoms with E-state index in [4.69, 9.17) is 0 Å². The molecule has 2 saturated heterocycles. The monoisotopic (exact) mass is 228 g/mol. The third kappa shape index (κ3) is 2.31. The summed E-state index contributed by atoms with van der Waals surface area (Å²) in [5.74, 6) is 3.51. The van der Waals surface area contributed by atoms with Gasteiger partial charge in [-0.05, 0) is 37.2 Å². The largest absolute Gasteiger partial charge is 0.326 e. The van der Waals surface area contributed by atoms with Gasteiger partial charge >= 0.3 is 0 Å². The van der Waals surface area contributed by atoms with Crippen LogP contribution in [0.15, 0.2) is 0 Å². The zero-order valence-electron chi connectivity index (χ0n) is 9.53. The molecule has 0 saturated carbocycles. The van der Waals surface area contributed by atoms with Crippen LogP contribution in [0.1, 0.15) is 26.7 Å². The molecule has 2 aliphatic rings. The average Bonchev–Trinajstić information content (AvgIpc) is 2.82. The molecule has 2 rings (SSSR count). The highest BCUT2D eigenvalue weighted by atomic mass is 32.2. The van der Waals surface area contributed by atoms with Crippen molar-refractivity contribution in [1.82, 2.24) is 10.2 Å². The van der Waals surface area contributed by atoms with E-state index in [9.17, 15) is 4.79 Å². The van der Waals surface area contributed by atoms with Gasteiger partial charge in [0.15, 0.2) is 0 Å². The van der Waals surface area contributed by atoms with Gasteiger partial charge in [-0.1, -0.05) is 6.92 Å². The Hall–Kier alpha value is -0.220. The first-order valence-corrected chi connectivity index (χ1v) is 7.02. The van der Waals surface area contributed by atoms with E-state index in [2.05, 4.69) is 17.1 Å². The third-order valence-electron chi connectivity index (χ3n) is 3.34. The molecule has 4 heteroatoms. The van der Waals surface area contributed by atoms with Gasteiger partial charge in [-0.15, -0.1) is 0 Å². The lowest BCUT2D eigenvalue weighted by atomic mass is 10.1. The fourth-order valence-electron chi connectivity index (χ4n) is 2.41. The van der Waals surface area contributed by atoms with Crippen molar-refractivity contribution in [2.24, 2.45) is 5.92 Å². The summed E-state index contributed by atoms with van der Waals surface area (Å²) in [6, 6.07) is 0.0176. The molecule has 0 bridgehead atoms. The van der Waals surface area contributed by atoms with E-state index in [1.165, 1.54) is 17.9 Å². The average molecular weight is 228 g/mol.